The first-order valence-corrected chi connectivity index (χ1v) is 8.16. The van der Waals surface area contributed by atoms with Crippen LogP contribution in [-0.4, -0.2) is 67.3 Å². The van der Waals surface area contributed by atoms with Crippen LogP contribution in [0.25, 0.3) is 0 Å². The van der Waals surface area contributed by atoms with Crippen LogP contribution >= 0.6 is 0 Å². The van der Waals surface area contributed by atoms with E-state index in [4.69, 9.17) is 20.8 Å². The standard InChI is InChI=1S/C15H19FN8O3/c16-12-5-10(24-6-11(8-25)27-15(24)26)1-2-13(12)22-3-4-23(19-9-22)7-14(17)20-21-18/h1-2,5,9,11,25H,3-4,6-8H2,(H3,17,18,20). The molecule has 27 heavy (non-hydrogen) atoms. The lowest BCUT2D eigenvalue weighted by Gasteiger charge is -2.30. The van der Waals surface area contributed by atoms with Gasteiger partial charge in [0.15, 0.2) is 0 Å². The Morgan fingerprint density at radius 2 is 2.30 bits per heavy atom. The molecule has 3 rings (SSSR count). The van der Waals surface area contributed by atoms with E-state index < -0.39 is 18.0 Å². The first kappa shape index (κ1) is 18.5. The smallest absolute Gasteiger partial charge is 0.414 e. The molecule has 4 N–H and O–H groups in total. The van der Waals surface area contributed by atoms with E-state index in [-0.39, 0.29) is 25.5 Å². The molecule has 2 aliphatic rings. The quantitative estimate of drug-likeness (QED) is 0.249. The molecule has 1 aromatic rings. The summed E-state index contributed by atoms with van der Waals surface area (Å²) in [4.78, 5) is 14.7. The van der Waals surface area contributed by atoms with Gasteiger partial charge in [-0.05, 0) is 18.2 Å². The zero-order valence-corrected chi connectivity index (χ0v) is 14.3. The van der Waals surface area contributed by atoms with Gasteiger partial charge < -0.3 is 14.7 Å². The average Bonchev–Trinajstić information content (AvgIpc) is 3.03. The summed E-state index contributed by atoms with van der Waals surface area (Å²) in [5, 5.41) is 25.3. The number of nitrogens with zero attached hydrogens (tertiary/aromatic N) is 5. The Bertz CT molecular complexity index is 773. The first-order chi connectivity index (χ1) is 13.0. The van der Waals surface area contributed by atoms with E-state index >= 15 is 0 Å². The number of halogens is 1. The maximum atomic E-state index is 14.6. The van der Waals surface area contributed by atoms with E-state index in [2.05, 4.69) is 15.8 Å². The van der Waals surface area contributed by atoms with E-state index in [0.29, 0.717) is 24.5 Å². The number of amidine groups is 1. The molecule has 1 fully saturated rings. The van der Waals surface area contributed by atoms with Crippen LogP contribution in [0.3, 0.4) is 0 Å². The third-order valence-electron chi connectivity index (χ3n) is 4.11. The van der Waals surface area contributed by atoms with Crippen LogP contribution in [0.1, 0.15) is 0 Å². The summed E-state index contributed by atoms with van der Waals surface area (Å²) in [5.41, 5.74) is 9.53. The van der Waals surface area contributed by atoms with E-state index in [1.54, 1.807) is 22.0 Å². The highest BCUT2D eigenvalue weighted by molar-refractivity contribution is 5.90. The molecule has 0 aromatic heterocycles. The van der Waals surface area contributed by atoms with Crippen molar-refractivity contribution in [2.24, 2.45) is 10.3 Å². The van der Waals surface area contributed by atoms with Crippen molar-refractivity contribution in [1.82, 2.24) is 10.4 Å². The SMILES string of the molecule is N=NNC(=N)CN1CCN(c2ccc(N3CC(CO)OC3=O)cc2F)C=N1. The highest BCUT2D eigenvalue weighted by Gasteiger charge is 2.32. The average molecular weight is 378 g/mol. The number of nitrogens with one attached hydrogen (secondary N) is 3. The maximum Gasteiger partial charge on any atom is 0.414 e. The second-order valence-corrected chi connectivity index (χ2v) is 5.95. The minimum absolute atomic E-state index is 0.0322. The molecule has 144 valence electrons. The van der Waals surface area contributed by atoms with Gasteiger partial charge in [0.1, 0.15) is 24.1 Å². The summed E-state index contributed by atoms with van der Waals surface area (Å²) in [6.07, 6.45) is 0.224. The fourth-order valence-electron chi connectivity index (χ4n) is 2.79. The van der Waals surface area contributed by atoms with Crippen molar-refractivity contribution in [2.75, 3.05) is 42.6 Å². The molecule has 1 atom stereocenters. The number of carbonyl (C=O) groups is 1. The molecule has 2 aliphatic heterocycles. The number of ether oxygens (including phenoxy) is 1. The van der Waals surface area contributed by atoms with Gasteiger partial charge in [0, 0.05) is 6.54 Å². The molecule has 0 bridgehead atoms. The third kappa shape index (κ3) is 4.11. The van der Waals surface area contributed by atoms with Gasteiger partial charge in [0.2, 0.25) is 0 Å². The fraction of sp³-hybridized carbons (Fsp3) is 0.400. The number of amides is 1. The number of aliphatic hydroxyl groups excluding tert-OH is 1. The van der Waals surface area contributed by atoms with Crippen LogP contribution in [0, 0.1) is 16.8 Å². The molecular weight excluding hydrogens is 359 g/mol. The molecule has 11 nitrogen and oxygen atoms in total. The van der Waals surface area contributed by atoms with Crippen LogP contribution in [0.4, 0.5) is 20.6 Å². The molecule has 0 spiro atoms. The summed E-state index contributed by atoms with van der Waals surface area (Å²) in [6.45, 7) is 0.947. The van der Waals surface area contributed by atoms with Crippen molar-refractivity contribution in [1.29, 1.82) is 10.9 Å². The summed E-state index contributed by atoms with van der Waals surface area (Å²) in [5.74, 6) is -0.486. The molecular formula is C15H19FN8O3. The van der Waals surface area contributed by atoms with Crippen molar-refractivity contribution in [2.45, 2.75) is 6.10 Å². The molecule has 1 unspecified atom stereocenters. The summed E-state index contributed by atoms with van der Waals surface area (Å²) in [6, 6.07) is 4.40. The third-order valence-corrected chi connectivity index (χ3v) is 4.11. The van der Waals surface area contributed by atoms with Gasteiger partial charge in [-0.25, -0.2) is 14.6 Å². The van der Waals surface area contributed by atoms with Crippen LogP contribution in [0.5, 0.6) is 0 Å². The summed E-state index contributed by atoms with van der Waals surface area (Å²) >= 11 is 0. The minimum atomic E-state index is -0.619. The zero-order valence-electron chi connectivity index (χ0n) is 14.3. The zero-order chi connectivity index (χ0) is 19.4. The number of anilines is 2. The minimum Gasteiger partial charge on any atom is -0.441 e. The number of hydrogen-bond donors (Lipinski definition) is 4. The van der Waals surface area contributed by atoms with E-state index in [0.717, 1.165) is 0 Å². The summed E-state index contributed by atoms with van der Waals surface area (Å²) in [7, 11) is 0. The second kappa shape index (κ2) is 7.95. The van der Waals surface area contributed by atoms with Crippen molar-refractivity contribution in [3.8, 4) is 0 Å². The van der Waals surface area contributed by atoms with Gasteiger partial charge in [0.05, 0.1) is 37.6 Å². The normalized spacial score (nSPS) is 19.3. The lowest BCUT2D eigenvalue weighted by atomic mass is 10.2. The molecule has 12 heteroatoms. The van der Waals surface area contributed by atoms with Crippen LogP contribution in [0.15, 0.2) is 28.5 Å². The van der Waals surface area contributed by atoms with Crippen molar-refractivity contribution in [3.63, 3.8) is 0 Å². The highest BCUT2D eigenvalue weighted by Crippen LogP contribution is 2.28. The van der Waals surface area contributed by atoms with Gasteiger partial charge in [0.25, 0.3) is 0 Å². The van der Waals surface area contributed by atoms with Crippen molar-refractivity contribution < 1.29 is 19.0 Å². The largest absolute Gasteiger partial charge is 0.441 e. The Balaban J connectivity index is 1.67. The number of carbonyl (C=O) groups excluding carboxylic acids is 1. The maximum absolute atomic E-state index is 14.6. The van der Waals surface area contributed by atoms with E-state index in [1.165, 1.54) is 17.3 Å². The molecule has 0 radical (unpaired) electrons. The number of hydrazone groups is 1. The van der Waals surface area contributed by atoms with Gasteiger partial charge in [-0.15, -0.1) is 0 Å². The van der Waals surface area contributed by atoms with Crippen molar-refractivity contribution >= 4 is 29.6 Å². The van der Waals surface area contributed by atoms with E-state index in [1.807, 2.05) is 0 Å². The van der Waals surface area contributed by atoms with Gasteiger partial charge in [-0.1, -0.05) is 5.22 Å². The number of hydrogen-bond acceptors (Lipinski definition) is 9. The molecule has 0 aliphatic carbocycles. The van der Waals surface area contributed by atoms with Crippen LogP contribution < -0.4 is 15.2 Å². The monoisotopic (exact) mass is 378 g/mol. The predicted octanol–water partition coefficient (Wildman–Crippen LogP) is 0.721. The van der Waals surface area contributed by atoms with Gasteiger partial charge in [-0.3, -0.25) is 15.3 Å². The van der Waals surface area contributed by atoms with Crippen LogP contribution in [0.2, 0.25) is 0 Å². The number of benzene rings is 1. The summed E-state index contributed by atoms with van der Waals surface area (Å²) < 4.78 is 19.5. The molecule has 1 aromatic carbocycles. The fourth-order valence-corrected chi connectivity index (χ4v) is 2.79. The van der Waals surface area contributed by atoms with Crippen LogP contribution in [-0.2, 0) is 4.74 Å². The second-order valence-electron chi connectivity index (χ2n) is 5.95. The molecule has 2 heterocycles. The Labute approximate surface area is 154 Å². The Morgan fingerprint density at radius 3 is 2.89 bits per heavy atom. The Morgan fingerprint density at radius 1 is 1.48 bits per heavy atom. The first-order valence-electron chi connectivity index (χ1n) is 8.16. The predicted molar refractivity (Wildman–Crippen MR) is 94.5 cm³/mol. The molecule has 1 amide bonds. The van der Waals surface area contributed by atoms with Gasteiger partial charge in [-0.2, -0.15) is 10.6 Å². The molecule has 1 saturated heterocycles. The lowest BCUT2D eigenvalue weighted by molar-refractivity contribution is 0.0963. The Kier molecular flexibility index (Phi) is 5.45. The number of aliphatic hydroxyl groups is 1. The number of cyclic esters (lactones) is 1. The highest BCUT2D eigenvalue weighted by atomic mass is 19.1. The lowest BCUT2D eigenvalue weighted by Crippen LogP contribution is -2.41. The Hall–Kier alpha value is -3.28. The van der Waals surface area contributed by atoms with Gasteiger partial charge >= 0.3 is 6.09 Å². The van der Waals surface area contributed by atoms with Crippen molar-refractivity contribution in [3.05, 3.63) is 24.0 Å². The van der Waals surface area contributed by atoms with E-state index in [9.17, 15) is 9.18 Å². The topological polar surface area (TPSA) is 141 Å². The number of rotatable bonds is 6. The molecule has 0 saturated carbocycles.